The van der Waals surface area contributed by atoms with Crippen LogP contribution in [0.1, 0.15) is 17.2 Å². The van der Waals surface area contributed by atoms with Gasteiger partial charge in [-0.2, -0.15) is 0 Å². The van der Waals surface area contributed by atoms with Crippen LogP contribution in [0, 0.1) is 10.1 Å². The number of aliphatic hydroxyl groups excluding tert-OH is 1. The highest BCUT2D eigenvalue weighted by Gasteiger charge is 2.17. The van der Waals surface area contributed by atoms with Crippen LogP contribution in [-0.2, 0) is 0 Å². The maximum Gasteiger partial charge on any atom is 0.310 e. The van der Waals surface area contributed by atoms with E-state index in [1.165, 1.54) is 18.2 Å². The Morgan fingerprint density at radius 1 is 1.06 bits per heavy atom. The Hall–Kier alpha value is -2.40. The quantitative estimate of drug-likeness (QED) is 0.642. The smallest absolute Gasteiger partial charge is 0.310 e. The zero-order valence-corrected chi connectivity index (χ0v) is 9.35. The summed E-state index contributed by atoms with van der Waals surface area (Å²) < 4.78 is 0. The van der Waals surface area contributed by atoms with Crippen molar-refractivity contribution in [3.63, 3.8) is 0 Å². The third-order valence-corrected chi connectivity index (χ3v) is 2.63. The summed E-state index contributed by atoms with van der Waals surface area (Å²) in [5.74, 6) is -0.451. The molecule has 0 fully saturated rings. The average molecular weight is 245 g/mol. The third kappa shape index (κ3) is 2.31. The number of phenols is 1. The molecule has 2 N–H and O–H groups in total. The number of hydrogen-bond donors (Lipinski definition) is 2. The summed E-state index contributed by atoms with van der Waals surface area (Å²) in [6, 6.07) is 12.7. The molecule has 0 amide bonds. The van der Waals surface area contributed by atoms with Crippen molar-refractivity contribution in [2.45, 2.75) is 6.10 Å². The number of phenolic OH excluding ortho intramolecular Hbond substituents is 1. The second kappa shape index (κ2) is 4.85. The molecule has 0 bridgehead atoms. The molecule has 0 heterocycles. The van der Waals surface area contributed by atoms with Gasteiger partial charge in [0.1, 0.15) is 6.10 Å². The molecule has 5 heteroatoms. The summed E-state index contributed by atoms with van der Waals surface area (Å²) in [7, 11) is 0. The van der Waals surface area contributed by atoms with Crippen LogP contribution in [0.4, 0.5) is 5.69 Å². The highest BCUT2D eigenvalue weighted by Crippen LogP contribution is 2.30. The van der Waals surface area contributed by atoms with Crippen molar-refractivity contribution >= 4 is 5.69 Å². The van der Waals surface area contributed by atoms with Crippen molar-refractivity contribution in [2.24, 2.45) is 0 Å². The third-order valence-electron chi connectivity index (χ3n) is 2.63. The van der Waals surface area contributed by atoms with Crippen molar-refractivity contribution < 1.29 is 15.1 Å². The van der Waals surface area contributed by atoms with Gasteiger partial charge in [0.25, 0.3) is 0 Å². The van der Waals surface area contributed by atoms with E-state index in [1.54, 1.807) is 24.3 Å². The van der Waals surface area contributed by atoms with E-state index in [-0.39, 0.29) is 5.69 Å². The maximum atomic E-state index is 10.6. The molecule has 2 aromatic rings. The summed E-state index contributed by atoms with van der Waals surface area (Å²) in [4.78, 5) is 9.88. The highest BCUT2D eigenvalue weighted by molar-refractivity contribution is 5.49. The van der Waals surface area contributed by atoms with Crippen molar-refractivity contribution in [2.75, 3.05) is 0 Å². The second-order valence-electron chi connectivity index (χ2n) is 3.82. The van der Waals surface area contributed by atoms with Gasteiger partial charge in [0.15, 0.2) is 5.75 Å². The molecule has 18 heavy (non-hydrogen) atoms. The Bertz CT molecular complexity index is 568. The standard InChI is InChI=1S/C13H11NO4/c15-12-8-10(6-7-11(12)14(17)18)13(16)9-4-2-1-3-5-9/h1-8,13,15-16H. The van der Waals surface area contributed by atoms with E-state index in [9.17, 15) is 20.3 Å². The van der Waals surface area contributed by atoms with Gasteiger partial charge in [-0.25, -0.2) is 0 Å². The highest BCUT2D eigenvalue weighted by atomic mass is 16.6. The summed E-state index contributed by atoms with van der Waals surface area (Å²) in [6.07, 6.45) is -0.919. The van der Waals surface area contributed by atoms with Crippen LogP contribution in [0.25, 0.3) is 0 Å². The van der Waals surface area contributed by atoms with Gasteiger partial charge in [0, 0.05) is 6.07 Å². The summed E-state index contributed by atoms with van der Waals surface area (Å²) in [5.41, 5.74) is 0.689. The molecule has 0 aliphatic rings. The minimum atomic E-state index is -0.919. The van der Waals surface area contributed by atoms with Crippen molar-refractivity contribution in [1.82, 2.24) is 0 Å². The number of nitrogens with zero attached hydrogens (tertiary/aromatic N) is 1. The largest absolute Gasteiger partial charge is 0.502 e. The lowest BCUT2D eigenvalue weighted by Gasteiger charge is -2.11. The monoisotopic (exact) mass is 245 g/mol. The average Bonchev–Trinajstić information content (AvgIpc) is 2.38. The number of nitro groups is 1. The maximum absolute atomic E-state index is 10.6. The van der Waals surface area contributed by atoms with Gasteiger partial charge >= 0.3 is 5.69 Å². The fraction of sp³-hybridized carbons (Fsp3) is 0.0769. The van der Waals surface area contributed by atoms with E-state index in [1.807, 2.05) is 6.07 Å². The molecule has 1 atom stereocenters. The van der Waals surface area contributed by atoms with Crippen molar-refractivity contribution in [1.29, 1.82) is 0 Å². The molecule has 1 unspecified atom stereocenters. The predicted octanol–water partition coefficient (Wildman–Crippen LogP) is 2.38. The molecule has 0 aromatic heterocycles. The number of aromatic hydroxyl groups is 1. The molecular formula is C13H11NO4. The van der Waals surface area contributed by atoms with E-state index >= 15 is 0 Å². The summed E-state index contributed by atoms with van der Waals surface area (Å²) >= 11 is 0. The molecule has 0 radical (unpaired) electrons. The van der Waals surface area contributed by atoms with E-state index in [0.29, 0.717) is 11.1 Å². The molecule has 0 saturated heterocycles. The van der Waals surface area contributed by atoms with Crippen LogP contribution in [0.5, 0.6) is 5.75 Å². The SMILES string of the molecule is O=[N+]([O-])c1ccc(C(O)c2ccccc2)cc1O. The number of nitro benzene ring substituents is 1. The Labute approximate surface area is 103 Å². The number of aliphatic hydroxyl groups is 1. The van der Waals surface area contributed by atoms with Crippen LogP contribution in [0.3, 0.4) is 0 Å². The number of hydrogen-bond acceptors (Lipinski definition) is 4. The van der Waals surface area contributed by atoms with Gasteiger partial charge in [0.2, 0.25) is 0 Å². The molecule has 92 valence electrons. The molecule has 2 rings (SSSR count). The first-order chi connectivity index (χ1) is 8.59. The van der Waals surface area contributed by atoms with Crippen LogP contribution < -0.4 is 0 Å². The fourth-order valence-electron chi connectivity index (χ4n) is 1.69. The molecule has 0 aliphatic carbocycles. The van der Waals surface area contributed by atoms with E-state index in [2.05, 4.69) is 0 Å². The van der Waals surface area contributed by atoms with Crippen LogP contribution in [0.15, 0.2) is 48.5 Å². The van der Waals surface area contributed by atoms with Gasteiger partial charge in [0.05, 0.1) is 4.92 Å². The lowest BCUT2D eigenvalue weighted by molar-refractivity contribution is -0.385. The molecule has 0 saturated carbocycles. The lowest BCUT2D eigenvalue weighted by atomic mass is 10.0. The minimum Gasteiger partial charge on any atom is -0.502 e. The van der Waals surface area contributed by atoms with Gasteiger partial charge < -0.3 is 10.2 Å². The van der Waals surface area contributed by atoms with Gasteiger partial charge in [-0.1, -0.05) is 30.3 Å². The Morgan fingerprint density at radius 3 is 2.28 bits per heavy atom. The van der Waals surface area contributed by atoms with E-state index < -0.39 is 16.8 Å². The lowest BCUT2D eigenvalue weighted by Crippen LogP contribution is -1.99. The van der Waals surface area contributed by atoms with Crippen LogP contribution >= 0.6 is 0 Å². The summed E-state index contributed by atoms with van der Waals surface area (Å²) in [6.45, 7) is 0. The zero-order valence-electron chi connectivity index (χ0n) is 9.35. The zero-order chi connectivity index (χ0) is 13.1. The Balaban J connectivity index is 2.35. The molecular weight excluding hydrogens is 234 g/mol. The molecule has 2 aromatic carbocycles. The van der Waals surface area contributed by atoms with Gasteiger partial charge in [-0.05, 0) is 23.3 Å². The fourth-order valence-corrected chi connectivity index (χ4v) is 1.69. The van der Waals surface area contributed by atoms with Crippen molar-refractivity contribution in [3.05, 3.63) is 69.8 Å². The first-order valence-electron chi connectivity index (χ1n) is 5.30. The molecule has 5 nitrogen and oxygen atoms in total. The number of benzene rings is 2. The molecule has 0 aliphatic heterocycles. The summed E-state index contributed by atoms with van der Waals surface area (Å²) in [5, 5.41) is 30.1. The minimum absolute atomic E-state index is 0.376. The normalized spacial score (nSPS) is 12.1. The van der Waals surface area contributed by atoms with Gasteiger partial charge in [-0.15, -0.1) is 0 Å². The first kappa shape index (κ1) is 12.1. The number of rotatable bonds is 3. The predicted molar refractivity (Wildman–Crippen MR) is 65.3 cm³/mol. The Morgan fingerprint density at radius 2 is 1.72 bits per heavy atom. The topological polar surface area (TPSA) is 83.6 Å². The van der Waals surface area contributed by atoms with E-state index in [0.717, 1.165) is 0 Å². The second-order valence-corrected chi connectivity index (χ2v) is 3.82. The van der Waals surface area contributed by atoms with Crippen molar-refractivity contribution in [3.8, 4) is 5.75 Å². The molecule has 0 spiro atoms. The first-order valence-corrected chi connectivity index (χ1v) is 5.30. The van der Waals surface area contributed by atoms with Crippen LogP contribution in [0.2, 0.25) is 0 Å². The van der Waals surface area contributed by atoms with E-state index in [4.69, 9.17) is 0 Å². The van der Waals surface area contributed by atoms with Crippen LogP contribution in [-0.4, -0.2) is 15.1 Å². The van der Waals surface area contributed by atoms with Gasteiger partial charge in [-0.3, -0.25) is 10.1 Å². The Kier molecular flexibility index (Phi) is 3.25.